The average Bonchev–Trinajstić information content (AvgIpc) is 2.13. The highest BCUT2D eigenvalue weighted by Gasteiger charge is 2.38. The van der Waals surface area contributed by atoms with Gasteiger partial charge in [-0.1, -0.05) is 0 Å². The van der Waals surface area contributed by atoms with Gasteiger partial charge in [0.25, 0.3) is 0 Å². The second-order valence-corrected chi connectivity index (χ2v) is 3.20. The van der Waals surface area contributed by atoms with Crippen LogP contribution in [0.25, 0.3) is 0 Å². The number of esters is 1. The molecule has 1 aliphatic rings. The maximum Gasteiger partial charge on any atom is 0.316 e. The van der Waals surface area contributed by atoms with Crippen LogP contribution in [-0.2, 0) is 19.1 Å². The molecule has 13 heavy (non-hydrogen) atoms. The molecule has 1 rings (SSSR count). The predicted molar refractivity (Wildman–Crippen MR) is 43.9 cm³/mol. The van der Waals surface area contributed by atoms with Crippen molar-refractivity contribution >= 4 is 17.5 Å². The minimum Gasteiger partial charge on any atom is -0.468 e. The van der Waals surface area contributed by atoms with Crippen LogP contribution in [0.2, 0.25) is 0 Å². The molecule has 72 valence electrons. The van der Waals surface area contributed by atoms with Crippen molar-refractivity contribution < 1.29 is 19.1 Å². The fraction of sp³-hybridized carbons (Fsp3) is 0.667. The van der Waals surface area contributed by atoms with Crippen LogP contribution in [0.4, 0.5) is 0 Å². The Morgan fingerprint density at radius 3 is 2.62 bits per heavy atom. The molecular weight excluding hydrogens is 172 g/mol. The summed E-state index contributed by atoms with van der Waals surface area (Å²) in [5, 5.41) is 0. The zero-order valence-corrected chi connectivity index (χ0v) is 7.70. The van der Waals surface area contributed by atoms with Gasteiger partial charge in [-0.15, -0.1) is 0 Å². The molecule has 0 aromatic heterocycles. The lowest BCUT2D eigenvalue weighted by molar-refractivity contribution is -0.153. The van der Waals surface area contributed by atoms with E-state index in [4.69, 9.17) is 0 Å². The lowest BCUT2D eigenvalue weighted by Crippen LogP contribution is -2.38. The van der Waals surface area contributed by atoms with Crippen molar-refractivity contribution in [1.29, 1.82) is 0 Å². The number of Topliss-reactive ketones (excluding diaryl/α,β-unsaturated/α-hetero) is 2. The molecule has 0 saturated heterocycles. The number of hydrogen-bond donors (Lipinski definition) is 0. The molecule has 1 saturated carbocycles. The molecule has 4 nitrogen and oxygen atoms in total. The minimum absolute atomic E-state index is 0.0786. The highest BCUT2D eigenvalue weighted by Crippen LogP contribution is 2.23. The largest absolute Gasteiger partial charge is 0.468 e. The quantitative estimate of drug-likeness (QED) is 0.435. The lowest BCUT2D eigenvalue weighted by Gasteiger charge is -2.22. The summed E-state index contributed by atoms with van der Waals surface area (Å²) in [5.74, 6) is -2.27. The Bertz CT molecular complexity index is 256. The van der Waals surface area contributed by atoms with E-state index in [9.17, 15) is 14.4 Å². The highest BCUT2D eigenvalue weighted by atomic mass is 16.5. The number of methoxy groups -OCH3 is 1. The zero-order valence-electron chi connectivity index (χ0n) is 7.70. The second kappa shape index (κ2) is 3.68. The van der Waals surface area contributed by atoms with E-state index in [1.54, 1.807) is 6.92 Å². The highest BCUT2D eigenvalue weighted by molar-refractivity contribution is 6.12. The maximum atomic E-state index is 11.4. The molecule has 0 amide bonds. The molecule has 0 aromatic carbocycles. The van der Waals surface area contributed by atoms with Crippen LogP contribution >= 0.6 is 0 Å². The molecule has 0 aromatic rings. The Balaban J connectivity index is 2.75. The number of carbonyl (C=O) groups excluding carboxylic acids is 3. The van der Waals surface area contributed by atoms with E-state index in [1.165, 1.54) is 7.11 Å². The van der Waals surface area contributed by atoms with Gasteiger partial charge in [-0.25, -0.2) is 0 Å². The van der Waals surface area contributed by atoms with Crippen molar-refractivity contribution in [2.75, 3.05) is 7.11 Å². The van der Waals surface area contributed by atoms with E-state index in [1.807, 2.05) is 0 Å². The van der Waals surface area contributed by atoms with E-state index in [-0.39, 0.29) is 11.6 Å². The lowest BCUT2D eigenvalue weighted by atomic mass is 9.80. The summed E-state index contributed by atoms with van der Waals surface area (Å²) in [6.45, 7) is 1.54. The van der Waals surface area contributed by atoms with Gasteiger partial charge in [0.15, 0.2) is 5.78 Å². The molecule has 0 heterocycles. The third-order valence-electron chi connectivity index (χ3n) is 2.42. The Kier molecular flexibility index (Phi) is 2.80. The van der Waals surface area contributed by atoms with Gasteiger partial charge in [0.1, 0.15) is 11.7 Å². The van der Waals surface area contributed by atoms with Crippen LogP contribution in [0, 0.1) is 11.8 Å². The van der Waals surface area contributed by atoms with Crippen molar-refractivity contribution in [3.63, 3.8) is 0 Å². The topological polar surface area (TPSA) is 60.4 Å². The van der Waals surface area contributed by atoms with Gasteiger partial charge in [0.05, 0.1) is 13.0 Å². The van der Waals surface area contributed by atoms with Gasteiger partial charge in [-0.3, -0.25) is 14.4 Å². The van der Waals surface area contributed by atoms with Gasteiger partial charge in [0.2, 0.25) is 0 Å². The van der Waals surface area contributed by atoms with Gasteiger partial charge in [-0.2, -0.15) is 0 Å². The molecule has 0 bridgehead atoms. The van der Waals surface area contributed by atoms with Crippen LogP contribution in [0.5, 0.6) is 0 Å². The Labute approximate surface area is 76.3 Å². The Hall–Kier alpha value is -1.19. The van der Waals surface area contributed by atoms with Crippen molar-refractivity contribution in [3.8, 4) is 0 Å². The first-order valence-corrected chi connectivity index (χ1v) is 4.22. The maximum absolute atomic E-state index is 11.4. The first kappa shape index (κ1) is 9.89. The SMILES string of the molecule is COC(=O)C1CCC(=O)C(C)C1=O. The zero-order chi connectivity index (χ0) is 10.0. The van der Waals surface area contributed by atoms with Crippen LogP contribution in [0.1, 0.15) is 19.8 Å². The van der Waals surface area contributed by atoms with Gasteiger partial charge in [-0.05, 0) is 13.3 Å². The molecule has 0 aliphatic heterocycles. The minimum atomic E-state index is -0.724. The monoisotopic (exact) mass is 184 g/mol. The van der Waals surface area contributed by atoms with Crippen molar-refractivity contribution in [2.24, 2.45) is 11.8 Å². The molecule has 2 atom stereocenters. The normalized spacial score (nSPS) is 28.8. The third-order valence-corrected chi connectivity index (χ3v) is 2.42. The van der Waals surface area contributed by atoms with Crippen LogP contribution in [0.15, 0.2) is 0 Å². The summed E-state index contributed by atoms with van der Waals surface area (Å²) >= 11 is 0. The van der Waals surface area contributed by atoms with Gasteiger partial charge < -0.3 is 4.74 Å². The first-order valence-electron chi connectivity index (χ1n) is 4.22. The van der Waals surface area contributed by atoms with Gasteiger partial charge >= 0.3 is 5.97 Å². The van der Waals surface area contributed by atoms with Gasteiger partial charge in [0, 0.05) is 6.42 Å². The molecule has 1 fully saturated rings. The van der Waals surface area contributed by atoms with Crippen molar-refractivity contribution in [1.82, 2.24) is 0 Å². The van der Waals surface area contributed by atoms with Crippen molar-refractivity contribution in [3.05, 3.63) is 0 Å². The summed E-state index contributed by atoms with van der Waals surface area (Å²) in [6.07, 6.45) is 0.599. The molecule has 1 aliphatic carbocycles. The molecule has 2 unspecified atom stereocenters. The fourth-order valence-electron chi connectivity index (χ4n) is 1.48. The first-order chi connectivity index (χ1) is 6.07. The van der Waals surface area contributed by atoms with Crippen LogP contribution in [0.3, 0.4) is 0 Å². The summed E-state index contributed by atoms with van der Waals surface area (Å²) in [4.78, 5) is 33.6. The van der Waals surface area contributed by atoms with E-state index in [0.717, 1.165) is 0 Å². The summed E-state index contributed by atoms with van der Waals surface area (Å²) < 4.78 is 4.47. The predicted octanol–water partition coefficient (Wildman–Crippen LogP) is 0.344. The molecule has 4 heteroatoms. The fourth-order valence-corrected chi connectivity index (χ4v) is 1.48. The summed E-state index contributed by atoms with van der Waals surface area (Å²) in [6, 6.07) is 0. The second-order valence-electron chi connectivity index (χ2n) is 3.20. The Morgan fingerprint density at radius 1 is 1.46 bits per heavy atom. The number of carbonyl (C=O) groups is 3. The van der Waals surface area contributed by atoms with E-state index < -0.39 is 17.8 Å². The van der Waals surface area contributed by atoms with Crippen LogP contribution in [-0.4, -0.2) is 24.6 Å². The smallest absolute Gasteiger partial charge is 0.316 e. The van der Waals surface area contributed by atoms with Crippen LogP contribution < -0.4 is 0 Å². The standard InChI is InChI=1S/C9H12O4/c1-5-7(10)4-3-6(8(5)11)9(12)13-2/h5-6H,3-4H2,1-2H3. The van der Waals surface area contributed by atoms with E-state index in [0.29, 0.717) is 12.8 Å². The number of ketones is 2. The molecule has 0 N–H and O–H groups in total. The van der Waals surface area contributed by atoms with Crippen molar-refractivity contribution in [2.45, 2.75) is 19.8 Å². The number of rotatable bonds is 1. The van der Waals surface area contributed by atoms with E-state index in [2.05, 4.69) is 4.74 Å². The molecule has 0 radical (unpaired) electrons. The molecule has 0 spiro atoms. The number of ether oxygens (including phenoxy) is 1. The summed E-state index contributed by atoms with van der Waals surface area (Å²) in [7, 11) is 1.25. The summed E-state index contributed by atoms with van der Waals surface area (Å²) in [5.41, 5.74) is 0. The average molecular weight is 184 g/mol. The molecular formula is C9H12O4. The Morgan fingerprint density at radius 2 is 2.08 bits per heavy atom. The van der Waals surface area contributed by atoms with E-state index >= 15 is 0 Å². The third kappa shape index (κ3) is 1.76. The number of hydrogen-bond acceptors (Lipinski definition) is 4.